The summed E-state index contributed by atoms with van der Waals surface area (Å²) >= 11 is 0. The Labute approximate surface area is 194 Å². The van der Waals surface area contributed by atoms with Crippen molar-refractivity contribution in [2.24, 2.45) is 12.5 Å². The van der Waals surface area contributed by atoms with Crippen LogP contribution in [-0.2, 0) is 26.7 Å². The quantitative estimate of drug-likeness (QED) is 0.383. The molecule has 34 heavy (non-hydrogen) atoms. The van der Waals surface area contributed by atoms with E-state index in [1.165, 1.54) is 17.7 Å². The summed E-state index contributed by atoms with van der Waals surface area (Å²) < 4.78 is 12.5. The number of aryl methyl sites for hydroxylation is 1. The second-order valence-corrected chi connectivity index (χ2v) is 9.70. The summed E-state index contributed by atoms with van der Waals surface area (Å²) in [7, 11) is 3.02. The maximum Gasteiger partial charge on any atom is 0.333 e. The van der Waals surface area contributed by atoms with E-state index in [0.717, 1.165) is 5.56 Å². The molecule has 2 atom stereocenters. The highest BCUT2D eigenvalue weighted by molar-refractivity contribution is 5.83. The van der Waals surface area contributed by atoms with Crippen LogP contribution in [-0.4, -0.2) is 51.7 Å². The zero-order valence-corrected chi connectivity index (χ0v) is 19.2. The van der Waals surface area contributed by atoms with Crippen LogP contribution in [0.15, 0.2) is 23.1 Å². The first kappa shape index (κ1) is 22.3. The number of nitro groups is 1. The van der Waals surface area contributed by atoms with Crippen molar-refractivity contribution in [1.82, 2.24) is 14.5 Å². The van der Waals surface area contributed by atoms with Crippen molar-refractivity contribution in [3.8, 4) is 0 Å². The maximum atomic E-state index is 12.1. The Kier molecular flexibility index (Phi) is 4.90. The number of carbonyl (C=O) groups is 1. The third kappa shape index (κ3) is 3.23. The number of methoxy groups -OCH3 is 1. The van der Waals surface area contributed by atoms with Crippen molar-refractivity contribution >= 4 is 23.4 Å². The Balaban J connectivity index is 1.48. The second-order valence-electron chi connectivity index (χ2n) is 9.70. The summed E-state index contributed by atoms with van der Waals surface area (Å²) in [5.41, 5.74) is 5.62. The monoisotopic (exact) mass is 470 g/mol. The van der Waals surface area contributed by atoms with Gasteiger partial charge in [-0.05, 0) is 37.8 Å². The number of pyridine rings is 1. The van der Waals surface area contributed by atoms with Gasteiger partial charge in [-0.2, -0.15) is 4.98 Å². The fourth-order valence-electron chi connectivity index (χ4n) is 5.73. The molecule has 2 aromatic heterocycles. The molecule has 6 rings (SSSR count). The van der Waals surface area contributed by atoms with Crippen molar-refractivity contribution in [3.63, 3.8) is 0 Å². The number of ether oxygens (including phenoxy) is 2. The highest BCUT2D eigenvalue weighted by Crippen LogP contribution is 2.74. The zero-order chi connectivity index (χ0) is 24.4. The summed E-state index contributed by atoms with van der Waals surface area (Å²) in [4.78, 5) is 46.0. The van der Waals surface area contributed by atoms with Crippen molar-refractivity contribution in [1.29, 1.82) is 0 Å². The molecular weight excluding hydrogens is 444 g/mol. The molecule has 1 aliphatic heterocycles. The fraction of sp³-hybridized carbons (Fsp3) is 0.545. The summed E-state index contributed by atoms with van der Waals surface area (Å²) in [6.07, 6.45) is 2.54. The summed E-state index contributed by atoms with van der Waals surface area (Å²) in [6.45, 7) is 2.77. The number of nitrogen functional groups attached to an aromatic ring is 1. The molecule has 0 radical (unpaired) electrons. The number of esters is 1. The maximum absolute atomic E-state index is 12.1. The molecule has 0 aromatic carbocycles. The summed E-state index contributed by atoms with van der Waals surface area (Å²) in [6, 6.07) is 3.22. The molecule has 3 saturated carbocycles. The van der Waals surface area contributed by atoms with Crippen molar-refractivity contribution in [2.75, 3.05) is 30.8 Å². The van der Waals surface area contributed by atoms with Crippen molar-refractivity contribution in [3.05, 3.63) is 50.1 Å². The first-order valence-electron chi connectivity index (χ1n) is 11.1. The van der Waals surface area contributed by atoms with E-state index in [4.69, 9.17) is 15.2 Å². The SMILES string of the molecule is COC(=O)C12CC(c3nc(N4C[C@@H](C)O[C@@H](c5ccc(=O)n(C)c5)C4)nc(N)c3[N+](=O)[O-])(C1)C2. The Morgan fingerprint density at radius 3 is 2.62 bits per heavy atom. The minimum Gasteiger partial charge on any atom is -0.469 e. The van der Waals surface area contributed by atoms with Gasteiger partial charge in [-0.1, -0.05) is 0 Å². The highest BCUT2D eigenvalue weighted by Gasteiger charge is 2.75. The van der Waals surface area contributed by atoms with Gasteiger partial charge >= 0.3 is 11.7 Å². The van der Waals surface area contributed by atoms with Crippen LogP contribution in [0, 0.1) is 15.5 Å². The average molecular weight is 470 g/mol. The van der Waals surface area contributed by atoms with Crippen LogP contribution in [0.2, 0.25) is 0 Å². The van der Waals surface area contributed by atoms with Gasteiger partial charge in [0, 0.05) is 31.3 Å². The van der Waals surface area contributed by atoms with Crippen LogP contribution < -0.4 is 16.2 Å². The van der Waals surface area contributed by atoms with Gasteiger partial charge in [0.2, 0.25) is 17.3 Å². The molecule has 4 aliphatic rings. The molecule has 180 valence electrons. The lowest BCUT2D eigenvalue weighted by Crippen LogP contribution is -2.68. The van der Waals surface area contributed by atoms with Gasteiger partial charge in [0.1, 0.15) is 11.8 Å². The van der Waals surface area contributed by atoms with Gasteiger partial charge in [0.05, 0.1) is 30.1 Å². The number of hydrogen-bond donors (Lipinski definition) is 1. The van der Waals surface area contributed by atoms with Gasteiger partial charge in [0.25, 0.3) is 0 Å². The molecule has 0 unspecified atom stereocenters. The molecule has 12 nitrogen and oxygen atoms in total. The molecule has 0 spiro atoms. The smallest absolute Gasteiger partial charge is 0.333 e. The van der Waals surface area contributed by atoms with E-state index in [0.29, 0.717) is 38.3 Å². The lowest BCUT2D eigenvalue weighted by Gasteiger charge is -2.67. The summed E-state index contributed by atoms with van der Waals surface area (Å²) in [5, 5.41) is 11.8. The normalized spacial score (nSPS) is 29.7. The number of morpholine rings is 1. The number of hydrogen-bond acceptors (Lipinski definition) is 10. The minimum absolute atomic E-state index is 0.121. The van der Waals surface area contributed by atoms with Crippen LogP contribution in [0.25, 0.3) is 0 Å². The van der Waals surface area contributed by atoms with Gasteiger partial charge in [-0.15, -0.1) is 0 Å². The van der Waals surface area contributed by atoms with E-state index >= 15 is 0 Å². The Bertz CT molecular complexity index is 1240. The topological polar surface area (TPSA) is 156 Å². The largest absolute Gasteiger partial charge is 0.469 e. The minimum atomic E-state index is -0.579. The second kappa shape index (κ2) is 7.49. The highest BCUT2D eigenvalue weighted by atomic mass is 16.6. The molecular formula is C22H26N6O6. The first-order valence-corrected chi connectivity index (χ1v) is 11.1. The predicted molar refractivity (Wildman–Crippen MR) is 120 cm³/mol. The van der Waals surface area contributed by atoms with Gasteiger partial charge < -0.3 is 24.7 Å². The third-order valence-electron chi connectivity index (χ3n) is 7.26. The first-order chi connectivity index (χ1) is 16.1. The number of carbonyl (C=O) groups excluding carboxylic acids is 1. The molecule has 3 aliphatic carbocycles. The fourth-order valence-corrected chi connectivity index (χ4v) is 5.73. The van der Waals surface area contributed by atoms with Gasteiger partial charge in [-0.3, -0.25) is 19.7 Å². The summed E-state index contributed by atoms with van der Waals surface area (Å²) in [5.74, 6) is -0.194. The molecule has 0 amide bonds. The molecule has 2 N–H and O–H groups in total. The molecule has 2 aromatic rings. The van der Waals surface area contributed by atoms with E-state index in [9.17, 15) is 19.7 Å². The van der Waals surface area contributed by atoms with Crippen molar-refractivity contribution < 1.29 is 19.2 Å². The van der Waals surface area contributed by atoms with Gasteiger partial charge in [0.15, 0.2) is 0 Å². The lowest BCUT2D eigenvalue weighted by atomic mass is 9.34. The van der Waals surface area contributed by atoms with E-state index < -0.39 is 15.8 Å². The van der Waals surface area contributed by atoms with Crippen LogP contribution in [0.1, 0.15) is 43.5 Å². The van der Waals surface area contributed by atoms with Gasteiger partial charge in [-0.25, -0.2) is 4.98 Å². The number of nitrogens with two attached hydrogens (primary N) is 1. The molecule has 2 bridgehead atoms. The molecule has 12 heteroatoms. The number of aromatic nitrogens is 3. The predicted octanol–water partition coefficient (Wildman–Crippen LogP) is 1.23. The van der Waals surface area contributed by atoms with E-state index in [-0.39, 0.29) is 40.9 Å². The Morgan fingerprint density at radius 2 is 2.00 bits per heavy atom. The van der Waals surface area contributed by atoms with Crippen LogP contribution in [0.4, 0.5) is 17.5 Å². The number of rotatable bonds is 5. The van der Waals surface area contributed by atoms with E-state index in [2.05, 4.69) is 9.97 Å². The Morgan fingerprint density at radius 1 is 1.29 bits per heavy atom. The van der Waals surface area contributed by atoms with Crippen molar-refractivity contribution in [2.45, 2.75) is 43.8 Å². The third-order valence-corrected chi connectivity index (χ3v) is 7.26. The average Bonchev–Trinajstić information content (AvgIpc) is 2.72. The Hall–Kier alpha value is -3.54. The molecule has 3 heterocycles. The molecule has 4 fully saturated rings. The lowest BCUT2D eigenvalue weighted by molar-refractivity contribution is -0.386. The van der Waals surface area contributed by atoms with E-state index in [1.807, 2.05) is 11.8 Å². The number of anilines is 2. The van der Waals surface area contributed by atoms with Crippen LogP contribution in [0.3, 0.4) is 0 Å². The molecule has 1 saturated heterocycles. The standard InChI is InChI=1S/C22H26N6O6/c1-12-6-27(8-14(34-12)13-4-5-15(29)26(2)7-13)20-24-17(16(28(31)32)18(23)25-20)21-9-22(10-21,11-21)19(30)33-3/h4-5,7,12,14H,6,8-11H2,1-3H3,(H2,23,24,25)/t12-,14-,21?,22?/m1/s1. The van der Waals surface area contributed by atoms with Crippen LogP contribution in [0.5, 0.6) is 0 Å². The number of nitrogens with zero attached hydrogens (tertiary/aromatic N) is 5. The van der Waals surface area contributed by atoms with Crippen LogP contribution >= 0.6 is 0 Å². The zero-order valence-electron chi connectivity index (χ0n) is 19.2. The van der Waals surface area contributed by atoms with E-state index in [1.54, 1.807) is 19.3 Å².